The highest BCUT2D eigenvalue weighted by Crippen LogP contribution is 2.31. The van der Waals surface area contributed by atoms with Crippen LogP contribution in [0.2, 0.25) is 0 Å². The summed E-state index contributed by atoms with van der Waals surface area (Å²) in [5.41, 5.74) is 31.0. The Morgan fingerprint density at radius 3 is 0.681 bits per heavy atom. The summed E-state index contributed by atoms with van der Waals surface area (Å²) in [6, 6.07) is 78.2. The van der Waals surface area contributed by atoms with Crippen molar-refractivity contribution in [3.05, 3.63) is 365 Å². The molecule has 0 bridgehead atoms. The van der Waals surface area contributed by atoms with E-state index in [-0.39, 0.29) is 5.82 Å². The van der Waals surface area contributed by atoms with Crippen molar-refractivity contribution in [1.29, 1.82) is 0 Å². The molecule has 0 radical (unpaired) electrons. The largest absolute Gasteiger partial charge is 0.261 e. The van der Waals surface area contributed by atoms with Crippen molar-refractivity contribution in [3.8, 4) is 78.0 Å². The molecule has 0 atom stereocenters. The third-order valence-corrected chi connectivity index (χ3v) is 19.4. The molecule has 7 aromatic heterocycles. The van der Waals surface area contributed by atoms with Gasteiger partial charge in [-0.3, -0.25) is 34.9 Å². The van der Waals surface area contributed by atoms with Gasteiger partial charge < -0.3 is 0 Å². The summed E-state index contributed by atoms with van der Waals surface area (Å²) in [5, 5.41) is 0. The van der Waals surface area contributed by atoms with Crippen LogP contribution in [-0.4, -0.2) is 44.9 Å². The number of hydrogen-bond donors (Lipinski definition) is 0. The Hall–Kier alpha value is -11.6. The molecular formula is C103H116FN9. The van der Waals surface area contributed by atoms with Crippen molar-refractivity contribution in [2.24, 2.45) is 0 Å². The lowest BCUT2D eigenvalue weighted by Gasteiger charge is -2.08. The van der Waals surface area contributed by atoms with Crippen LogP contribution in [-0.2, 0) is 0 Å². The zero-order valence-corrected chi connectivity index (χ0v) is 70.5. The molecule has 0 saturated heterocycles. The van der Waals surface area contributed by atoms with Gasteiger partial charge in [0.05, 0.1) is 23.3 Å². The highest BCUT2D eigenvalue weighted by Gasteiger charge is 2.11. The molecule has 10 heteroatoms. The number of aromatic nitrogens is 9. The van der Waals surface area contributed by atoms with Gasteiger partial charge in [-0.05, 0) is 199 Å². The molecule has 113 heavy (non-hydrogen) atoms. The molecule has 14 rings (SSSR count). The standard InChI is InChI=1S/C15H16FN.4C15H17N.2C14H16N2/c1-10(2)12-5-4-6-13(7-12)14-8-15(16)11(3)17-9-14;4*1-11(2)13-5-4-6-14(9-13)15-8-7-12(3)16-10-15;1-10(2)12-5-4-6-13(7-12)14-8-15-11(3)16-9-14;1-10(2)12-5-4-6-13(7-12)14-9-15-11(3)8-16-14/h4-10H,1-3H3;4*4-11H,1-3H3;2*4-10H,1-3H3. The first-order chi connectivity index (χ1) is 54.1. The fraction of sp³-hybridized carbons (Fsp3) is 0.272. The van der Waals surface area contributed by atoms with Gasteiger partial charge in [-0.15, -0.1) is 0 Å². The van der Waals surface area contributed by atoms with Gasteiger partial charge in [0.15, 0.2) is 0 Å². The number of nitrogens with zero attached hydrogens (tertiary/aromatic N) is 9. The van der Waals surface area contributed by atoms with Crippen molar-refractivity contribution >= 4 is 0 Å². The lowest BCUT2D eigenvalue weighted by molar-refractivity contribution is 0.610. The maximum absolute atomic E-state index is 13.5. The van der Waals surface area contributed by atoms with Crippen LogP contribution in [0.5, 0.6) is 0 Å². The summed E-state index contributed by atoms with van der Waals surface area (Å²) in [5.74, 6) is 4.39. The SMILES string of the molecule is Cc1ccc(-c2cccc(C(C)C)c2)cn1.Cc1ccc(-c2cccc(C(C)C)c2)cn1.Cc1ccc(-c2cccc(C(C)C)c2)cn1.Cc1ccc(-c2cccc(C(C)C)c2)cn1.Cc1cnc(-c2cccc(C(C)C)c2)cn1.Cc1ncc(-c2cccc(C(C)C)c2)cc1F.Cc1ncc(-c2cccc(C(C)C)c2)cn1. The first-order valence-electron chi connectivity index (χ1n) is 39.7. The molecule has 7 heterocycles. The molecule has 0 saturated carbocycles. The van der Waals surface area contributed by atoms with E-state index in [0.29, 0.717) is 47.1 Å². The average molecular weight is 1500 g/mol. The molecule has 0 amide bonds. The molecule has 14 aromatic rings. The maximum atomic E-state index is 13.5. The van der Waals surface area contributed by atoms with Gasteiger partial charge in [-0.25, -0.2) is 14.4 Å². The Morgan fingerprint density at radius 2 is 0.434 bits per heavy atom. The Bertz CT molecular complexity index is 4480. The van der Waals surface area contributed by atoms with Crippen LogP contribution in [0.3, 0.4) is 0 Å². The number of rotatable bonds is 14. The van der Waals surface area contributed by atoms with E-state index in [1.807, 2.05) is 97.1 Å². The van der Waals surface area contributed by atoms with Gasteiger partial charge >= 0.3 is 0 Å². The molecule has 0 N–H and O–H groups in total. The molecule has 7 aromatic carbocycles. The Morgan fingerprint density at radius 1 is 0.195 bits per heavy atom. The first kappa shape index (κ1) is 87.0. The van der Waals surface area contributed by atoms with Gasteiger partial charge in [0.1, 0.15) is 11.6 Å². The summed E-state index contributed by atoms with van der Waals surface area (Å²) in [4.78, 5) is 38.5. The summed E-state index contributed by atoms with van der Waals surface area (Å²) in [6.45, 7) is 44.3. The number of pyridine rings is 5. The summed E-state index contributed by atoms with van der Waals surface area (Å²) in [6.07, 6.45) is 16.9. The first-order valence-corrected chi connectivity index (χ1v) is 39.7. The van der Waals surface area contributed by atoms with Crippen LogP contribution in [0, 0.1) is 54.3 Å². The number of aryl methyl sites for hydroxylation is 7. The number of halogens is 1. The Balaban J connectivity index is 0.000000165. The van der Waals surface area contributed by atoms with E-state index in [9.17, 15) is 4.39 Å². The van der Waals surface area contributed by atoms with Crippen LogP contribution in [0.15, 0.2) is 280 Å². The monoisotopic (exact) mass is 1500 g/mol. The van der Waals surface area contributed by atoms with Gasteiger partial charge in [0.2, 0.25) is 0 Å². The zero-order valence-electron chi connectivity index (χ0n) is 70.5. The molecule has 580 valence electrons. The molecule has 0 spiro atoms. The molecule has 0 fully saturated rings. The minimum atomic E-state index is -0.252. The topological polar surface area (TPSA) is 116 Å². The quantitative estimate of drug-likeness (QED) is 0.105. The Labute approximate surface area is 675 Å². The molecule has 0 aliphatic rings. The van der Waals surface area contributed by atoms with Gasteiger partial charge in [0, 0.05) is 111 Å². The predicted octanol–water partition coefficient (Wildman–Crippen LogP) is 28.2. The highest BCUT2D eigenvalue weighted by atomic mass is 19.1. The predicted molar refractivity (Wildman–Crippen MR) is 475 cm³/mol. The Kier molecular flexibility index (Phi) is 33.3. The van der Waals surface area contributed by atoms with Crippen molar-refractivity contribution in [2.45, 2.75) is 187 Å². The van der Waals surface area contributed by atoms with E-state index in [1.165, 1.54) is 89.0 Å². The third kappa shape index (κ3) is 27.7. The minimum absolute atomic E-state index is 0.252. The highest BCUT2D eigenvalue weighted by molar-refractivity contribution is 5.68. The van der Waals surface area contributed by atoms with Crippen LogP contribution in [0.25, 0.3) is 78.0 Å². The van der Waals surface area contributed by atoms with Crippen LogP contribution in [0.1, 0.15) is 217 Å². The van der Waals surface area contributed by atoms with E-state index in [4.69, 9.17) is 0 Å². The van der Waals surface area contributed by atoms with Crippen molar-refractivity contribution in [2.75, 3.05) is 0 Å². The number of benzene rings is 7. The average Bonchev–Trinajstić information content (AvgIpc) is 0.882. The van der Waals surface area contributed by atoms with E-state index in [1.54, 1.807) is 25.4 Å². The van der Waals surface area contributed by atoms with Gasteiger partial charge in [-0.1, -0.05) is 285 Å². The second kappa shape index (κ2) is 43.3. The van der Waals surface area contributed by atoms with Gasteiger partial charge in [-0.2, -0.15) is 0 Å². The summed E-state index contributed by atoms with van der Waals surface area (Å²) >= 11 is 0. The van der Waals surface area contributed by atoms with E-state index in [0.717, 1.165) is 62.2 Å². The molecular weight excluding hydrogens is 1380 g/mol. The lowest BCUT2D eigenvalue weighted by Crippen LogP contribution is -1.91. The lowest BCUT2D eigenvalue weighted by atomic mass is 9.98. The van der Waals surface area contributed by atoms with Gasteiger partial charge in [0.25, 0.3) is 0 Å². The van der Waals surface area contributed by atoms with Crippen LogP contribution >= 0.6 is 0 Å². The van der Waals surface area contributed by atoms with E-state index in [2.05, 4.69) is 348 Å². The molecule has 9 nitrogen and oxygen atoms in total. The smallest absolute Gasteiger partial charge is 0.145 e. The summed E-state index contributed by atoms with van der Waals surface area (Å²) < 4.78 is 13.5. The van der Waals surface area contributed by atoms with Crippen molar-refractivity contribution < 1.29 is 4.39 Å². The van der Waals surface area contributed by atoms with Crippen LogP contribution in [0.4, 0.5) is 4.39 Å². The summed E-state index contributed by atoms with van der Waals surface area (Å²) in [7, 11) is 0. The normalized spacial score (nSPS) is 10.8. The fourth-order valence-corrected chi connectivity index (χ4v) is 11.8. The number of hydrogen-bond acceptors (Lipinski definition) is 9. The maximum Gasteiger partial charge on any atom is 0.145 e. The van der Waals surface area contributed by atoms with Crippen molar-refractivity contribution in [1.82, 2.24) is 44.9 Å². The second-order valence-electron chi connectivity index (χ2n) is 31.1. The second-order valence-corrected chi connectivity index (χ2v) is 31.1. The molecule has 0 aliphatic carbocycles. The minimum Gasteiger partial charge on any atom is -0.261 e. The molecule has 0 aliphatic heterocycles. The molecule has 0 unspecified atom stereocenters. The fourth-order valence-electron chi connectivity index (χ4n) is 11.8. The van der Waals surface area contributed by atoms with Crippen molar-refractivity contribution in [3.63, 3.8) is 0 Å². The van der Waals surface area contributed by atoms with E-state index < -0.39 is 0 Å². The third-order valence-electron chi connectivity index (χ3n) is 19.4. The van der Waals surface area contributed by atoms with E-state index >= 15 is 0 Å². The van der Waals surface area contributed by atoms with Crippen LogP contribution < -0.4 is 0 Å². The zero-order chi connectivity index (χ0) is 81.7.